The molecule has 28 heavy (non-hydrogen) atoms. The van der Waals surface area contributed by atoms with Crippen molar-refractivity contribution < 1.29 is 14.1 Å². The third-order valence-electron chi connectivity index (χ3n) is 4.97. The quantitative estimate of drug-likeness (QED) is 0.846. The number of carbonyl (C=O) groups excluding carboxylic acids is 2. The number of hydrogen-bond acceptors (Lipinski definition) is 6. The van der Waals surface area contributed by atoms with Crippen molar-refractivity contribution in [3.8, 4) is 0 Å². The van der Waals surface area contributed by atoms with Crippen LogP contribution in [0.5, 0.6) is 0 Å². The smallest absolute Gasteiger partial charge is 0.263 e. The fourth-order valence-electron chi connectivity index (χ4n) is 3.30. The minimum atomic E-state index is -0.0331. The van der Waals surface area contributed by atoms with E-state index in [1.54, 1.807) is 4.90 Å². The molecule has 8 heteroatoms. The zero-order chi connectivity index (χ0) is 20.1. The summed E-state index contributed by atoms with van der Waals surface area (Å²) in [5.41, 5.74) is 0. The number of aromatic nitrogens is 2. The maximum atomic E-state index is 12.9. The lowest BCUT2D eigenvalue weighted by Crippen LogP contribution is -2.35. The molecule has 3 rings (SSSR count). The highest BCUT2D eigenvalue weighted by Gasteiger charge is 2.23. The Bertz CT molecular complexity index is 814. The molecule has 0 bridgehead atoms. The summed E-state index contributed by atoms with van der Waals surface area (Å²) in [5, 5.41) is 7.02. The fraction of sp³-hybridized carbons (Fsp3) is 0.600. The first-order valence-electron chi connectivity index (χ1n) is 9.90. The third kappa shape index (κ3) is 5.19. The van der Waals surface area contributed by atoms with Crippen molar-refractivity contribution in [2.45, 2.75) is 58.3 Å². The van der Waals surface area contributed by atoms with Gasteiger partial charge in [-0.05, 0) is 38.3 Å². The van der Waals surface area contributed by atoms with Gasteiger partial charge in [-0.2, -0.15) is 4.98 Å². The number of thiophene rings is 1. The Kier molecular flexibility index (Phi) is 6.83. The molecule has 0 saturated carbocycles. The van der Waals surface area contributed by atoms with Crippen LogP contribution in [0, 0.1) is 6.92 Å². The monoisotopic (exact) mass is 404 g/mol. The number of carbonyl (C=O) groups is 2. The molecular formula is C20H28N4O3S. The highest BCUT2D eigenvalue weighted by atomic mass is 32.1. The summed E-state index contributed by atoms with van der Waals surface area (Å²) in [6.07, 6.45) is 2.74. The molecule has 0 spiro atoms. The second-order valence-corrected chi connectivity index (χ2v) is 8.86. The minimum Gasteiger partial charge on any atom is -0.356 e. The van der Waals surface area contributed by atoms with Gasteiger partial charge in [-0.1, -0.05) is 19.0 Å². The Hall–Kier alpha value is -2.22. The first-order valence-corrected chi connectivity index (χ1v) is 10.7. The van der Waals surface area contributed by atoms with Crippen LogP contribution in [0.15, 0.2) is 16.7 Å². The number of rotatable bonds is 3. The van der Waals surface area contributed by atoms with E-state index in [4.69, 9.17) is 4.52 Å². The Labute approximate surface area is 169 Å². The molecule has 1 aliphatic heterocycles. The van der Waals surface area contributed by atoms with Crippen molar-refractivity contribution in [1.29, 1.82) is 0 Å². The van der Waals surface area contributed by atoms with E-state index in [0.717, 1.165) is 29.0 Å². The summed E-state index contributed by atoms with van der Waals surface area (Å²) < 4.78 is 5.49. The molecule has 1 unspecified atom stereocenters. The van der Waals surface area contributed by atoms with Crippen molar-refractivity contribution in [1.82, 2.24) is 20.4 Å². The molecule has 0 radical (unpaired) electrons. The predicted molar refractivity (Wildman–Crippen MR) is 108 cm³/mol. The van der Waals surface area contributed by atoms with Crippen molar-refractivity contribution in [3.63, 3.8) is 0 Å². The van der Waals surface area contributed by atoms with E-state index in [0.29, 0.717) is 37.8 Å². The Morgan fingerprint density at radius 2 is 2.14 bits per heavy atom. The second kappa shape index (κ2) is 9.32. The van der Waals surface area contributed by atoms with Gasteiger partial charge in [0.25, 0.3) is 5.91 Å². The third-order valence-corrected chi connectivity index (χ3v) is 5.95. The highest BCUT2D eigenvalue weighted by Crippen LogP contribution is 2.26. The molecule has 1 N–H and O–H groups in total. The Morgan fingerprint density at radius 1 is 1.32 bits per heavy atom. The molecule has 0 aliphatic carbocycles. The number of amides is 2. The fourth-order valence-corrected chi connectivity index (χ4v) is 4.13. The van der Waals surface area contributed by atoms with E-state index in [-0.39, 0.29) is 23.7 Å². The standard InChI is InChI=1S/C20H28N4O3S/c1-13(2)18-22-19(27-23-18)15-5-4-11-24(12-9-17(25)21-10-8-15)20(26)16-7-6-14(3)28-16/h6-7,13,15H,4-5,8-12H2,1-3H3,(H,21,25). The van der Waals surface area contributed by atoms with Crippen molar-refractivity contribution in [2.75, 3.05) is 19.6 Å². The van der Waals surface area contributed by atoms with Gasteiger partial charge in [0.2, 0.25) is 11.8 Å². The maximum Gasteiger partial charge on any atom is 0.263 e. The average molecular weight is 405 g/mol. The summed E-state index contributed by atoms with van der Waals surface area (Å²) in [5.74, 6) is 1.60. The number of nitrogens with one attached hydrogen (secondary N) is 1. The van der Waals surface area contributed by atoms with Crippen molar-refractivity contribution >= 4 is 23.2 Å². The molecule has 1 fully saturated rings. The predicted octanol–water partition coefficient (Wildman–Crippen LogP) is 3.48. The summed E-state index contributed by atoms with van der Waals surface area (Å²) in [7, 11) is 0. The summed E-state index contributed by atoms with van der Waals surface area (Å²) >= 11 is 1.49. The van der Waals surface area contributed by atoms with Gasteiger partial charge in [-0.3, -0.25) is 9.59 Å². The van der Waals surface area contributed by atoms with Gasteiger partial charge in [0.05, 0.1) is 4.88 Å². The van der Waals surface area contributed by atoms with Crippen LogP contribution < -0.4 is 5.32 Å². The van der Waals surface area contributed by atoms with Crippen LogP contribution in [-0.4, -0.2) is 46.5 Å². The highest BCUT2D eigenvalue weighted by molar-refractivity contribution is 7.13. The van der Waals surface area contributed by atoms with Gasteiger partial charge in [0, 0.05) is 42.8 Å². The van der Waals surface area contributed by atoms with E-state index in [1.807, 2.05) is 32.9 Å². The van der Waals surface area contributed by atoms with Crippen LogP contribution in [0.25, 0.3) is 0 Å². The molecular weight excluding hydrogens is 376 g/mol. The van der Waals surface area contributed by atoms with Gasteiger partial charge in [0.15, 0.2) is 5.82 Å². The maximum absolute atomic E-state index is 12.9. The van der Waals surface area contributed by atoms with E-state index in [2.05, 4.69) is 15.5 Å². The average Bonchev–Trinajstić information content (AvgIpc) is 3.30. The number of hydrogen-bond donors (Lipinski definition) is 1. The number of aryl methyl sites for hydroxylation is 1. The first-order chi connectivity index (χ1) is 13.4. The molecule has 0 aromatic carbocycles. The minimum absolute atomic E-state index is 0.00146. The van der Waals surface area contributed by atoms with Crippen molar-refractivity contribution in [2.24, 2.45) is 0 Å². The Morgan fingerprint density at radius 3 is 2.82 bits per heavy atom. The molecule has 2 amide bonds. The van der Waals surface area contributed by atoms with Gasteiger partial charge in [-0.25, -0.2) is 0 Å². The summed E-state index contributed by atoms with van der Waals surface area (Å²) in [6.45, 7) is 7.67. The molecule has 152 valence electrons. The second-order valence-electron chi connectivity index (χ2n) is 7.58. The van der Waals surface area contributed by atoms with E-state index >= 15 is 0 Å². The van der Waals surface area contributed by atoms with Crippen LogP contribution >= 0.6 is 11.3 Å². The van der Waals surface area contributed by atoms with Crippen LogP contribution in [0.3, 0.4) is 0 Å². The topological polar surface area (TPSA) is 88.3 Å². The van der Waals surface area contributed by atoms with E-state index < -0.39 is 0 Å². The molecule has 1 saturated heterocycles. The Balaban J connectivity index is 1.71. The molecule has 1 atom stereocenters. The van der Waals surface area contributed by atoms with Gasteiger partial charge >= 0.3 is 0 Å². The normalized spacial score (nSPS) is 19.4. The lowest BCUT2D eigenvalue weighted by atomic mass is 9.99. The van der Waals surface area contributed by atoms with E-state index in [1.165, 1.54) is 11.3 Å². The largest absolute Gasteiger partial charge is 0.356 e. The van der Waals surface area contributed by atoms with Gasteiger partial charge in [-0.15, -0.1) is 11.3 Å². The first kappa shape index (κ1) is 20.5. The van der Waals surface area contributed by atoms with Crippen LogP contribution in [0.1, 0.15) is 77.6 Å². The summed E-state index contributed by atoms with van der Waals surface area (Å²) in [4.78, 5) is 33.2. The SMILES string of the molecule is Cc1ccc(C(=O)N2CCCC(c3nc(C(C)C)no3)CCNC(=O)CC2)s1. The van der Waals surface area contributed by atoms with Crippen LogP contribution in [-0.2, 0) is 4.79 Å². The van der Waals surface area contributed by atoms with Gasteiger partial charge < -0.3 is 14.7 Å². The molecule has 2 aromatic heterocycles. The summed E-state index contributed by atoms with van der Waals surface area (Å²) in [6, 6.07) is 3.82. The van der Waals surface area contributed by atoms with Gasteiger partial charge in [0.1, 0.15) is 0 Å². The van der Waals surface area contributed by atoms with Crippen LogP contribution in [0.4, 0.5) is 0 Å². The van der Waals surface area contributed by atoms with Crippen molar-refractivity contribution in [3.05, 3.63) is 33.6 Å². The molecule has 3 heterocycles. The lowest BCUT2D eigenvalue weighted by molar-refractivity contribution is -0.121. The molecule has 2 aromatic rings. The molecule has 1 aliphatic rings. The zero-order valence-corrected chi connectivity index (χ0v) is 17.6. The molecule has 7 nitrogen and oxygen atoms in total. The number of nitrogens with zero attached hydrogens (tertiary/aromatic N) is 3. The lowest BCUT2D eigenvalue weighted by Gasteiger charge is -2.22. The van der Waals surface area contributed by atoms with Crippen LogP contribution in [0.2, 0.25) is 0 Å². The van der Waals surface area contributed by atoms with E-state index in [9.17, 15) is 9.59 Å². The zero-order valence-electron chi connectivity index (χ0n) is 16.7.